The van der Waals surface area contributed by atoms with Crippen molar-refractivity contribution in [3.8, 4) is 0 Å². The molecule has 2 N–H and O–H groups in total. The number of hydrogen-bond acceptors (Lipinski definition) is 3. The first-order chi connectivity index (χ1) is 9.25. The van der Waals surface area contributed by atoms with Gasteiger partial charge in [0.05, 0.1) is 16.9 Å². The Kier molecular flexibility index (Phi) is 2.83. The Morgan fingerprint density at radius 3 is 2.68 bits per heavy atom. The lowest BCUT2D eigenvalue weighted by Gasteiger charge is -2.32. The Bertz CT molecular complexity index is 611. The number of nitrogens with one attached hydrogen (secondary N) is 1. The van der Waals surface area contributed by atoms with Crippen molar-refractivity contribution in [2.45, 2.75) is 0 Å². The Labute approximate surface area is 111 Å². The molecule has 1 aliphatic heterocycles. The van der Waals surface area contributed by atoms with Gasteiger partial charge >= 0.3 is 5.97 Å². The van der Waals surface area contributed by atoms with E-state index in [4.69, 9.17) is 5.11 Å². The molecule has 4 heteroatoms. The summed E-state index contributed by atoms with van der Waals surface area (Å²) in [6, 6.07) is 15.3. The smallest absolute Gasteiger partial charge is 0.335 e. The number of hydrogen-bond donors (Lipinski definition) is 2. The molecule has 0 aromatic heterocycles. The third kappa shape index (κ3) is 2.12. The summed E-state index contributed by atoms with van der Waals surface area (Å²) in [5, 5.41) is 12.3. The molecule has 0 fully saturated rings. The standard InChI is InChI=1S/C15H14N2O2/c18-15(19)11-6-7-14-13(10-11)16-8-9-17(14)12-4-2-1-3-5-12/h1-7,10,16H,8-9H2,(H,18,19). The van der Waals surface area contributed by atoms with Crippen molar-refractivity contribution in [1.82, 2.24) is 0 Å². The molecule has 19 heavy (non-hydrogen) atoms. The van der Waals surface area contributed by atoms with Crippen LogP contribution in [-0.4, -0.2) is 24.2 Å². The minimum absolute atomic E-state index is 0.307. The van der Waals surface area contributed by atoms with E-state index in [2.05, 4.69) is 22.3 Å². The van der Waals surface area contributed by atoms with Crippen LogP contribution in [0.1, 0.15) is 10.4 Å². The van der Waals surface area contributed by atoms with E-state index in [-0.39, 0.29) is 0 Å². The molecule has 0 atom stereocenters. The maximum Gasteiger partial charge on any atom is 0.335 e. The zero-order valence-electron chi connectivity index (χ0n) is 10.3. The van der Waals surface area contributed by atoms with Gasteiger partial charge in [0.2, 0.25) is 0 Å². The van der Waals surface area contributed by atoms with Crippen LogP contribution in [0.2, 0.25) is 0 Å². The highest BCUT2D eigenvalue weighted by atomic mass is 16.4. The van der Waals surface area contributed by atoms with Gasteiger partial charge in [0, 0.05) is 18.8 Å². The fourth-order valence-corrected chi connectivity index (χ4v) is 2.34. The molecular formula is C15H14N2O2. The van der Waals surface area contributed by atoms with E-state index < -0.39 is 5.97 Å². The highest BCUT2D eigenvalue weighted by Gasteiger charge is 2.19. The summed E-state index contributed by atoms with van der Waals surface area (Å²) in [4.78, 5) is 13.2. The van der Waals surface area contributed by atoms with Crippen LogP contribution in [0.4, 0.5) is 17.1 Å². The quantitative estimate of drug-likeness (QED) is 0.865. The first-order valence-electron chi connectivity index (χ1n) is 6.19. The Morgan fingerprint density at radius 2 is 1.95 bits per heavy atom. The lowest BCUT2D eigenvalue weighted by molar-refractivity contribution is 0.0697. The Morgan fingerprint density at radius 1 is 1.16 bits per heavy atom. The molecule has 0 aliphatic carbocycles. The number of fused-ring (bicyclic) bond motifs is 1. The number of carboxylic acids is 1. The molecule has 0 saturated heterocycles. The summed E-state index contributed by atoms with van der Waals surface area (Å²) in [6.45, 7) is 1.66. The first-order valence-corrected chi connectivity index (χ1v) is 6.19. The SMILES string of the molecule is O=C(O)c1ccc2c(c1)NCCN2c1ccccc1. The molecule has 1 aliphatic rings. The average molecular weight is 254 g/mol. The summed E-state index contributed by atoms with van der Waals surface area (Å²) in [6.07, 6.45) is 0. The van der Waals surface area contributed by atoms with Crippen LogP contribution < -0.4 is 10.2 Å². The minimum atomic E-state index is -0.901. The molecule has 2 aromatic carbocycles. The minimum Gasteiger partial charge on any atom is -0.478 e. The van der Waals surface area contributed by atoms with Crippen LogP contribution in [0, 0.1) is 0 Å². The maximum atomic E-state index is 11.0. The zero-order valence-corrected chi connectivity index (χ0v) is 10.3. The molecule has 0 saturated carbocycles. The normalized spacial score (nSPS) is 13.6. The molecule has 1 heterocycles. The molecule has 3 rings (SSSR count). The van der Waals surface area contributed by atoms with Crippen molar-refractivity contribution in [2.24, 2.45) is 0 Å². The second kappa shape index (κ2) is 4.65. The first kappa shape index (κ1) is 11.6. The fourth-order valence-electron chi connectivity index (χ4n) is 2.34. The van der Waals surface area contributed by atoms with Gasteiger partial charge in [0.1, 0.15) is 0 Å². The van der Waals surface area contributed by atoms with Gasteiger partial charge < -0.3 is 15.3 Å². The maximum absolute atomic E-state index is 11.0. The number of carbonyl (C=O) groups is 1. The highest BCUT2D eigenvalue weighted by Crippen LogP contribution is 2.35. The van der Waals surface area contributed by atoms with E-state index in [1.165, 1.54) is 0 Å². The Hall–Kier alpha value is -2.49. The van der Waals surface area contributed by atoms with Crippen LogP contribution in [0.3, 0.4) is 0 Å². The van der Waals surface area contributed by atoms with Gasteiger partial charge in [-0.1, -0.05) is 18.2 Å². The summed E-state index contributed by atoms with van der Waals surface area (Å²) < 4.78 is 0. The monoisotopic (exact) mass is 254 g/mol. The predicted octanol–water partition coefficient (Wildman–Crippen LogP) is 2.95. The van der Waals surface area contributed by atoms with Crippen molar-refractivity contribution in [1.29, 1.82) is 0 Å². The van der Waals surface area contributed by atoms with Crippen LogP contribution in [0.15, 0.2) is 48.5 Å². The number of benzene rings is 2. The molecule has 0 spiro atoms. The Balaban J connectivity index is 2.03. The third-order valence-electron chi connectivity index (χ3n) is 3.25. The van der Waals surface area contributed by atoms with Gasteiger partial charge in [-0.3, -0.25) is 0 Å². The number of anilines is 3. The van der Waals surface area contributed by atoms with Crippen LogP contribution >= 0.6 is 0 Å². The van der Waals surface area contributed by atoms with Gasteiger partial charge in [0.15, 0.2) is 0 Å². The molecular weight excluding hydrogens is 240 g/mol. The van der Waals surface area contributed by atoms with Gasteiger partial charge in [0.25, 0.3) is 0 Å². The number of aromatic carboxylic acids is 1. The van der Waals surface area contributed by atoms with E-state index in [1.54, 1.807) is 12.1 Å². The number of nitrogens with zero attached hydrogens (tertiary/aromatic N) is 1. The lowest BCUT2D eigenvalue weighted by atomic mass is 10.1. The third-order valence-corrected chi connectivity index (χ3v) is 3.25. The average Bonchev–Trinajstić information content (AvgIpc) is 2.47. The highest BCUT2D eigenvalue weighted by molar-refractivity contribution is 5.92. The van der Waals surface area contributed by atoms with E-state index in [0.29, 0.717) is 5.56 Å². The summed E-state index contributed by atoms with van der Waals surface area (Å²) in [5.41, 5.74) is 3.31. The zero-order chi connectivity index (χ0) is 13.2. The van der Waals surface area contributed by atoms with E-state index >= 15 is 0 Å². The largest absolute Gasteiger partial charge is 0.478 e. The number of rotatable bonds is 2. The van der Waals surface area contributed by atoms with Gasteiger partial charge in [-0.15, -0.1) is 0 Å². The molecule has 96 valence electrons. The summed E-state index contributed by atoms with van der Waals surface area (Å²) in [7, 11) is 0. The van der Waals surface area contributed by atoms with Crippen molar-refractivity contribution in [3.63, 3.8) is 0 Å². The number of carboxylic acid groups (broad SMARTS) is 1. The molecule has 0 amide bonds. The van der Waals surface area contributed by atoms with Crippen LogP contribution in [0.5, 0.6) is 0 Å². The van der Waals surface area contributed by atoms with E-state index in [9.17, 15) is 4.79 Å². The van der Waals surface area contributed by atoms with Crippen molar-refractivity contribution in [2.75, 3.05) is 23.3 Å². The fraction of sp³-hybridized carbons (Fsp3) is 0.133. The summed E-state index contributed by atoms with van der Waals surface area (Å²) in [5.74, 6) is -0.901. The van der Waals surface area contributed by atoms with Crippen LogP contribution in [-0.2, 0) is 0 Å². The topological polar surface area (TPSA) is 52.6 Å². The van der Waals surface area contributed by atoms with Crippen molar-refractivity contribution < 1.29 is 9.90 Å². The molecule has 2 aromatic rings. The van der Waals surface area contributed by atoms with Gasteiger partial charge in [-0.25, -0.2) is 4.79 Å². The molecule has 4 nitrogen and oxygen atoms in total. The molecule has 0 bridgehead atoms. The molecule has 0 radical (unpaired) electrons. The van der Waals surface area contributed by atoms with E-state index in [0.717, 1.165) is 30.2 Å². The van der Waals surface area contributed by atoms with Crippen molar-refractivity contribution in [3.05, 3.63) is 54.1 Å². The predicted molar refractivity (Wildman–Crippen MR) is 75.3 cm³/mol. The van der Waals surface area contributed by atoms with Gasteiger partial charge in [-0.2, -0.15) is 0 Å². The van der Waals surface area contributed by atoms with Crippen LogP contribution in [0.25, 0.3) is 0 Å². The lowest BCUT2D eigenvalue weighted by Crippen LogP contribution is -2.30. The van der Waals surface area contributed by atoms with E-state index in [1.807, 2.05) is 24.3 Å². The summed E-state index contributed by atoms with van der Waals surface area (Å²) >= 11 is 0. The van der Waals surface area contributed by atoms with Gasteiger partial charge in [-0.05, 0) is 30.3 Å². The molecule has 0 unspecified atom stereocenters. The second-order valence-corrected chi connectivity index (χ2v) is 4.45. The number of para-hydroxylation sites is 1. The van der Waals surface area contributed by atoms with Crippen molar-refractivity contribution >= 4 is 23.0 Å². The second-order valence-electron chi connectivity index (χ2n) is 4.45.